The predicted octanol–water partition coefficient (Wildman–Crippen LogP) is 15.1. The Kier molecular flexibility index (Phi) is 7.83. The zero-order chi connectivity index (χ0) is 39.2. The Morgan fingerprint density at radius 2 is 1.12 bits per heavy atom. The highest BCUT2D eigenvalue weighted by Crippen LogP contribution is 2.55. The second kappa shape index (κ2) is 13.3. The van der Waals surface area contributed by atoms with E-state index in [0.29, 0.717) is 0 Å². The van der Waals surface area contributed by atoms with Gasteiger partial charge in [0, 0.05) is 41.3 Å². The summed E-state index contributed by atoms with van der Waals surface area (Å²) in [6.07, 6.45) is 11.6. The molecule has 12 rings (SSSR count). The van der Waals surface area contributed by atoms with E-state index in [1.54, 1.807) is 0 Å². The average Bonchev–Trinajstić information content (AvgIpc) is 3.53. The Morgan fingerprint density at radius 3 is 2.00 bits per heavy atom. The van der Waals surface area contributed by atoms with Gasteiger partial charge in [0.05, 0.1) is 0 Å². The normalized spacial score (nSPS) is 16.7. The van der Waals surface area contributed by atoms with Crippen LogP contribution in [-0.4, -0.2) is 13.1 Å². The van der Waals surface area contributed by atoms with E-state index in [1.165, 1.54) is 124 Å². The fourth-order valence-electron chi connectivity index (χ4n) is 11.4. The quantitative estimate of drug-likeness (QED) is 0.165. The second-order valence-electron chi connectivity index (χ2n) is 17.7. The lowest BCUT2D eigenvalue weighted by Crippen LogP contribution is -2.29. The van der Waals surface area contributed by atoms with Crippen LogP contribution in [0.4, 0.5) is 17.1 Å². The fraction of sp³-hybridized carbons (Fsp3) is 0.193. The largest absolute Gasteiger partial charge is 0.345 e. The third kappa shape index (κ3) is 5.25. The third-order valence-electron chi connectivity index (χ3n) is 14.1. The third-order valence-corrected chi connectivity index (χ3v) is 14.1. The molecule has 0 amide bonds. The van der Waals surface area contributed by atoms with Crippen molar-refractivity contribution in [3.05, 3.63) is 186 Å². The molecule has 0 bridgehead atoms. The zero-order valence-electron chi connectivity index (χ0n) is 34.1. The summed E-state index contributed by atoms with van der Waals surface area (Å²) in [6.45, 7) is 6.88. The highest BCUT2D eigenvalue weighted by atomic mass is 15.2. The first-order valence-corrected chi connectivity index (χ1v) is 21.8. The smallest absolute Gasteiger partial charge is 0.0443 e. The molecule has 0 radical (unpaired) electrons. The number of benzene rings is 8. The molecule has 0 spiro atoms. The summed E-state index contributed by atoms with van der Waals surface area (Å²) >= 11 is 0. The molecule has 2 aliphatic carbocycles. The number of para-hydroxylation sites is 1. The van der Waals surface area contributed by atoms with Crippen LogP contribution < -0.4 is 9.80 Å². The van der Waals surface area contributed by atoms with Crippen molar-refractivity contribution >= 4 is 49.4 Å². The molecule has 0 saturated carbocycles. The fourth-order valence-corrected chi connectivity index (χ4v) is 11.4. The minimum Gasteiger partial charge on any atom is -0.345 e. The molecule has 2 aliphatic heterocycles. The van der Waals surface area contributed by atoms with E-state index in [0.717, 1.165) is 38.8 Å². The molecule has 2 nitrogen and oxygen atoms in total. The molecule has 0 fully saturated rings. The van der Waals surface area contributed by atoms with E-state index in [4.69, 9.17) is 0 Å². The molecule has 8 aromatic carbocycles. The number of hydrogen-bond donors (Lipinski definition) is 0. The number of allylic oxidation sites excluding steroid dienone is 4. The van der Waals surface area contributed by atoms with Gasteiger partial charge in [0.2, 0.25) is 0 Å². The van der Waals surface area contributed by atoms with Crippen LogP contribution in [-0.2, 0) is 11.8 Å². The number of aryl methyl sites for hydroxylation is 1. The lowest BCUT2D eigenvalue weighted by Gasteiger charge is -2.35. The molecule has 0 unspecified atom stereocenters. The number of nitrogens with zero attached hydrogens (tertiary/aromatic N) is 2. The van der Waals surface area contributed by atoms with Gasteiger partial charge in [-0.3, -0.25) is 0 Å². The highest BCUT2D eigenvalue weighted by Gasteiger charge is 2.37. The Labute approximate surface area is 347 Å². The molecular formula is C57H48N2. The maximum Gasteiger partial charge on any atom is 0.0443 e. The molecule has 59 heavy (non-hydrogen) atoms. The highest BCUT2D eigenvalue weighted by molar-refractivity contribution is 6.25. The average molecular weight is 761 g/mol. The second-order valence-corrected chi connectivity index (χ2v) is 17.7. The van der Waals surface area contributed by atoms with E-state index in [1.807, 2.05) is 0 Å². The first-order valence-electron chi connectivity index (χ1n) is 21.8. The van der Waals surface area contributed by atoms with Crippen molar-refractivity contribution in [3.8, 4) is 33.4 Å². The SMILES string of the molecule is CC1(C)c2ccccc2-c2c(-c3c4cc(N5CCCc6ccccc65)ccc4c(-c4cccc5ccccc45)c4cc(N5CCCC6=C5CCC=C6)ccc34)cccc21. The summed E-state index contributed by atoms with van der Waals surface area (Å²) in [6, 6.07) is 56.0. The van der Waals surface area contributed by atoms with E-state index >= 15 is 0 Å². The van der Waals surface area contributed by atoms with Gasteiger partial charge in [-0.1, -0.05) is 141 Å². The van der Waals surface area contributed by atoms with Crippen LogP contribution in [0.15, 0.2) is 169 Å². The number of rotatable bonds is 4. The molecule has 0 saturated heterocycles. The molecule has 2 heterocycles. The predicted molar refractivity (Wildman–Crippen MR) is 251 cm³/mol. The maximum atomic E-state index is 2.65. The van der Waals surface area contributed by atoms with Crippen LogP contribution in [0.5, 0.6) is 0 Å². The molecular weight excluding hydrogens is 713 g/mol. The first-order chi connectivity index (χ1) is 29.0. The van der Waals surface area contributed by atoms with Gasteiger partial charge in [0.15, 0.2) is 0 Å². The van der Waals surface area contributed by atoms with Gasteiger partial charge in [-0.05, 0) is 157 Å². The van der Waals surface area contributed by atoms with Gasteiger partial charge in [0.1, 0.15) is 0 Å². The Bertz CT molecular complexity index is 3100. The van der Waals surface area contributed by atoms with Gasteiger partial charge in [-0.2, -0.15) is 0 Å². The Morgan fingerprint density at radius 1 is 0.475 bits per heavy atom. The van der Waals surface area contributed by atoms with Crippen LogP contribution in [0, 0.1) is 0 Å². The van der Waals surface area contributed by atoms with E-state index in [9.17, 15) is 0 Å². The monoisotopic (exact) mass is 760 g/mol. The van der Waals surface area contributed by atoms with Crippen molar-refractivity contribution in [3.63, 3.8) is 0 Å². The zero-order valence-corrected chi connectivity index (χ0v) is 34.1. The van der Waals surface area contributed by atoms with Crippen molar-refractivity contribution in [2.24, 2.45) is 0 Å². The molecule has 0 atom stereocenters. The summed E-state index contributed by atoms with van der Waals surface area (Å²) in [5, 5.41) is 7.81. The van der Waals surface area contributed by atoms with Crippen molar-refractivity contribution < 1.29 is 0 Å². The number of anilines is 3. The van der Waals surface area contributed by atoms with Gasteiger partial charge in [-0.25, -0.2) is 0 Å². The number of fused-ring (bicyclic) bond motifs is 7. The van der Waals surface area contributed by atoms with Gasteiger partial charge < -0.3 is 9.80 Å². The maximum absolute atomic E-state index is 2.65. The van der Waals surface area contributed by atoms with E-state index in [2.05, 4.69) is 181 Å². The topological polar surface area (TPSA) is 6.48 Å². The summed E-state index contributed by atoms with van der Waals surface area (Å²) in [5.74, 6) is 0. The molecule has 2 heteroatoms. The molecule has 4 aliphatic rings. The minimum atomic E-state index is -0.0968. The van der Waals surface area contributed by atoms with Crippen molar-refractivity contribution in [2.75, 3.05) is 22.9 Å². The van der Waals surface area contributed by atoms with Gasteiger partial charge in [0.25, 0.3) is 0 Å². The van der Waals surface area contributed by atoms with Crippen LogP contribution in [0.3, 0.4) is 0 Å². The summed E-state index contributed by atoms with van der Waals surface area (Å²) in [7, 11) is 0. The van der Waals surface area contributed by atoms with E-state index < -0.39 is 0 Å². The van der Waals surface area contributed by atoms with Crippen molar-refractivity contribution in [1.82, 2.24) is 0 Å². The lowest BCUT2D eigenvalue weighted by atomic mass is 9.80. The lowest BCUT2D eigenvalue weighted by molar-refractivity contribution is 0.660. The first kappa shape index (κ1) is 34.6. The molecule has 0 N–H and O–H groups in total. The summed E-state index contributed by atoms with van der Waals surface area (Å²) < 4.78 is 0. The van der Waals surface area contributed by atoms with Gasteiger partial charge in [-0.15, -0.1) is 0 Å². The van der Waals surface area contributed by atoms with Crippen LogP contribution in [0.1, 0.15) is 62.6 Å². The van der Waals surface area contributed by atoms with E-state index in [-0.39, 0.29) is 5.41 Å². The summed E-state index contributed by atoms with van der Waals surface area (Å²) in [4.78, 5) is 5.22. The Balaban J connectivity index is 1.22. The van der Waals surface area contributed by atoms with Crippen molar-refractivity contribution in [2.45, 2.75) is 57.8 Å². The number of hydrogen-bond acceptors (Lipinski definition) is 2. The standard InChI is InChI=1S/C57H48N2/c1-57(2)50-25-8-7-22-46(50)56-47(24-12-26-51(56)57)55-45-32-30-40(58-33-13-19-38-16-4-9-27-52(38)58)35-48(45)54(43-23-11-18-37-15-3-6-21-42(37)43)44-31-29-41(36-49(44)55)59-34-14-20-39-17-5-10-28-53(39)59/h3-8,10-12,15-18,21-26,28-32,35-36H,9,13-14,19-20,27,33-34H2,1-2H3. The summed E-state index contributed by atoms with van der Waals surface area (Å²) in [5.41, 5.74) is 19.1. The molecule has 0 aromatic heterocycles. The molecule has 286 valence electrons. The van der Waals surface area contributed by atoms with Crippen molar-refractivity contribution in [1.29, 1.82) is 0 Å². The molecule has 8 aromatic rings. The Hall–Kier alpha value is -6.38. The van der Waals surface area contributed by atoms with Gasteiger partial charge >= 0.3 is 0 Å². The minimum absolute atomic E-state index is 0.0968. The van der Waals surface area contributed by atoms with Crippen LogP contribution >= 0.6 is 0 Å². The van der Waals surface area contributed by atoms with Crippen LogP contribution in [0.2, 0.25) is 0 Å². The van der Waals surface area contributed by atoms with Crippen LogP contribution in [0.25, 0.3) is 65.7 Å².